The Morgan fingerprint density at radius 3 is 2.40 bits per heavy atom. The van der Waals surface area contributed by atoms with Crippen molar-refractivity contribution in [3.05, 3.63) is 81.5 Å². The molecule has 0 spiro atoms. The van der Waals surface area contributed by atoms with Crippen LogP contribution in [0.5, 0.6) is 11.5 Å². The van der Waals surface area contributed by atoms with Crippen molar-refractivity contribution >= 4 is 50.8 Å². The van der Waals surface area contributed by atoms with Gasteiger partial charge < -0.3 is 9.84 Å². The molecular weight excluding hydrogens is 511 g/mol. The maximum absolute atomic E-state index is 12.0. The number of aromatic carboxylic acids is 1. The number of nitrogens with zero attached hydrogens (tertiary/aromatic N) is 3. The molecule has 0 aliphatic carbocycles. The molecule has 0 saturated heterocycles. The summed E-state index contributed by atoms with van der Waals surface area (Å²) in [5, 5.41) is 23.2. The molecule has 3 aromatic rings. The molecule has 0 radical (unpaired) electrons. The summed E-state index contributed by atoms with van der Waals surface area (Å²) in [6.07, 6.45) is 0. The number of nitro benzene ring substituents is 1. The van der Waals surface area contributed by atoms with Crippen LogP contribution >= 0.6 is 39.1 Å². The Labute approximate surface area is 183 Å². The van der Waals surface area contributed by atoms with Crippen LogP contribution in [0, 0.1) is 10.1 Å². The molecule has 0 aliphatic heterocycles. The van der Waals surface area contributed by atoms with Crippen LogP contribution in [0.1, 0.15) is 10.5 Å². The van der Waals surface area contributed by atoms with Crippen LogP contribution in [0.4, 0.5) is 5.69 Å². The summed E-state index contributed by atoms with van der Waals surface area (Å²) < 4.78 is 6.35. The molecule has 0 aliphatic rings. The number of carboxylic acids is 1. The van der Waals surface area contributed by atoms with E-state index in [1.807, 2.05) is 4.98 Å². The number of halogens is 3. The quantitative estimate of drug-likeness (QED) is 0.385. The number of aromatic nitrogens is 3. The van der Waals surface area contributed by atoms with Gasteiger partial charge in [-0.1, -0.05) is 23.2 Å². The summed E-state index contributed by atoms with van der Waals surface area (Å²) >= 11 is 15.4. The summed E-state index contributed by atoms with van der Waals surface area (Å²) in [5.41, 5.74) is -3.29. The highest BCUT2D eigenvalue weighted by atomic mass is 79.9. The van der Waals surface area contributed by atoms with Crippen molar-refractivity contribution in [1.29, 1.82) is 0 Å². The fraction of sp³-hybridized carbons (Fsp3) is 0. The molecular formula is C16H7BrCl2N4O7. The lowest BCUT2D eigenvalue weighted by Gasteiger charge is -2.12. The van der Waals surface area contributed by atoms with Crippen LogP contribution in [0.25, 0.3) is 5.69 Å². The van der Waals surface area contributed by atoms with Crippen LogP contribution in [-0.2, 0) is 0 Å². The number of rotatable bonds is 5. The summed E-state index contributed by atoms with van der Waals surface area (Å²) in [5.74, 6) is -1.49. The molecule has 3 rings (SSSR count). The van der Waals surface area contributed by atoms with Gasteiger partial charge in [0.1, 0.15) is 5.75 Å². The number of hydrogen-bond donors (Lipinski definition) is 2. The minimum absolute atomic E-state index is 0.0289. The monoisotopic (exact) mass is 516 g/mol. The first-order valence-electron chi connectivity index (χ1n) is 7.66. The molecule has 0 atom stereocenters. The van der Waals surface area contributed by atoms with Crippen LogP contribution < -0.4 is 16.0 Å². The zero-order chi connectivity index (χ0) is 22.2. The molecule has 2 N–H and O–H groups in total. The van der Waals surface area contributed by atoms with Crippen LogP contribution in [0.15, 0.2) is 44.4 Å². The number of nitro groups is 1. The largest absolute Gasteiger partial charge is 0.476 e. The van der Waals surface area contributed by atoms with E-state index in [1.54, 1.807) is 0 Å². The Morgan fingerprint density at radius 2 is 1.87 bits per heavy atom. The van der Waals surface area contributed by atoms with Crippen molar-refractivity contribution < 1.29 is 19.6 Å². The maximum Gasteiger partial charge on any atom is 0.362 e. The van der Waals surface area contributed by atoms with Gasteiger partial charge in [0, 0.05) is 12.1 Å². The molecule has 0 bridgehead atoms. The number of ether oxygens (including phenoxy) is 1. The second kappa shape index (κ2) is 8.26. The molecule has 2 aromatic carbocycles. The third kappa shape index (κ3) is 4.20. The molecule has 1 aromatic heterocycles. The summed E-state index contributed by atoms with van der Waals surface area (Å²) in [6, 6.07) is 6.30. The highest BCUT2D eigenvalue weighted by Crippen LogP contribution is 2.39. The SMILES string of the molecule is O=C(O)c1nn(-c2cc(Cl)c(Oc3ccc([N+](=O)[O-])c(Br)c3)c(Cl)c2)c(=O)[nH]c1=O. The van der Waals surface area contributed by atoms with Crippen LogP contribution in [0.2, 0.25) is 10.0 Å². The highest BCUT2D eigenvalue weighted by molar-refractivity contribution is 9.10. The number of nitrogens with one attached hydrogen (secondary N) is 1. The van der Waals surface area contributed by atoms with Gasteiger partial charge in [0.15, 0.2) is 5.75 Å². The first-order valence-corrected chi connectivity index (χ1v) is 9.21. The second-order valence-corrected chi connectivity index (χ2v) is 7.20. The Bertz CT molecular complexity index is 1300. The van der Waals surface area contributed by atoms with E-state index in [2.05, 4.69) is 21.0 Å². The third-order valence-electron chi connectivity index (χ3n) is 3.59. The van der Waals surface area contributed by atoms with E-state index < -0.39 is 27.8 Å². The molecule has 11 nitrogen and oxygen atoms in total. The number of carboxylic acid groups (broad SMARTS) is 1. The lowest BCUT2D eigenvalue weighted by molar-refractivity contribution is -0.385. The van der Waals surface area contributed by atoms with Crippen molar-refractivity contribution in [3.63, 3.8) is 0 Å². The number of benzene rings is 2. The maximum atomic E-state index is 12.0. The Balaban J connectivity index is 2.03. The first kappa shape index (κ1) is 21.5. The van der Waals surface area contributed by atoms with Crippen molar-refractivity contribution in [3.8, 4) is 17.2 Å². The Hall–Kier alpha value is -3.22. The zero-order valence-corrected chi connectivity index (χ0v) is 17.4. The molecule has 0 fully saturated rings. The smallest absolute Gasteiger partial charge is 0.362 e. The lowest BCUT2D eigenvalue weighted by Crippen LogP contribution is -2.35. The predicted octanol–water partition coefficient (Wildman–Crippen LogP) is 3.39. The average molecular weight is 518 g/mol. The van der Waals surface area contributed by atoms with Gasteiger partial charge >= 0.3 is 11.7 Å². The number of H-pyrrole nitrogens is 1. The van der Waals surface area contributed by atoms with E-state index >= 15 is 0 Å². The van der Waals surface area contributed by atoms with Crippen molar-refractivity contribution in [2.24, 2.45) is 0 Å². The van der Waals surface area contributed by atoms with E-state index in [0.717, 1.165) is 0 Å². The number of hydrogen-bond acceptors (Lipinski definition) is 7. The minimum atomic E-state index is -1.63. The van der Waals surface area contributed by atoms with E-state index in [9.17, 15) is 24.5 Å². The summed E-state index contributed by atoms with van der Waals surface area (Å²) in [4.78, 5) is 46.8. The van der Waals surface area contributed by atoms with E-state index in [1.165, 1.54) is 30.3 Å². The first-order chi connectivity index (χ1) is 14.1. The molecule has 30 heavy (non-hydrogen) atoms. The molecule has 0 unspecified atom stereocenters. The van der Waals surface area contributed by atoms with Gasteiger partial charge in [-0.15, -0.1) is 0 Å². The standard InChI is InChI=1S/C16H7BrCl2N4O7/c17-8-5-7(1-2-11(8)23(28)29)30-13-9(18)3-6(4-10(13)19)22-16(27)20-14(24)12(21-22)15(25)26/h1-5H,(H,25,26)(H,20,24,27). The van der Waals surface area contributed by atoms with Crippen molar-refractivity contribution in [2.75, 3.05) is 0 Å². The molecule has 14 heteroatoms. The van der Waals surface area contributed by atoms with Gasteiger partial charge in [0.25, 0.3) is 11.2 Å². The van der Waals surface area contributed by atoms with Crippen molar-refractivity contribution in [1.82, 2.24) is 14.8 Å². The summed E-state index contributed by atoms with van der Waals surface area (Å²) in [6.45, 7) is 0. The van der Waals surface area contributed by atoms with Gasteiger partial charge in [-0.05, 0) is 34.1 Å². The fourth-order valence-electron chi connectivity index (χ4n) is 2.30. The molecule has 1 heterocycles. The average Bonchev–Trinajstić information content (AvgIpc) is 2.64. The number of aromatic amines is 1. The zero-order valence-electron chi connectivity index (χ0n) is 14.3. The van der Waals surface area contributed by atoms with E-state index in [4.69, 9.17) is 33.0 Å². The fourth-order valence-corrected chi connectivity index (χ4v) is 3.35. The summed E-state index contributed by atoms with van der Waals surface area (Å²) in [7, 11) is 0. The topological polar surface area (TPSA) is 157 Å². The van der Waals surface area contributed by atoms with E-state index in [-0.39, 0.29) is 37.4 Å². The normalized spacial score (nSPS) is 10.6. The van der Waals surface area contributed by atoms with Crippen LogP contribution in [0.3, 0.4) is 0 Å². The third-order valence-corrected chi connectivity index (χ3v) is 4.79. The van der Waals surface area contributed by atoms with Gasteiger partial charge in [-0.3, -0.25) is 19.9 Å². The van der Waals surface area contributed by atoms with Gasteiger partial charge in [0.2, 0.25) is 5.69 Å². The van der Waals surface area contributed by atoms with Crippen LogP contribution in [-0.4, -0.2) is 30.8 Å². The number of carbonyl (C=O) groups is 1. The predicted molar refractivity (Wildman–Crippen MR) is 108 cm³/mol. The second-order valence-electron chi connectivity index (χ2n) is 5.54. The molecule has 154 valence electrons. The Kier molecular flexibility index (Phi) is 5.92. The molecule has 0 saturated carbocycles. The lowest BCUT2D eigenvalue weighted by atomic mass is 10.3. The highest BCUT2D eigenvalue weighted by Gasteiger charge is 2.19. The van der Waals surface area contributed by atoms with Gasteiger partial charge in [-0.2, -0.15) is 9.78 Å². The van der Waals surface area contributed by atoms with Crippen molar-refractivity contribution in [2.45, 2.75) is 0 Å². The molecule has 0 amide bonds. The van der Waals surface area contributed by atoms with Gasteiger partial charge in [0.05, 0.1) is 25.1 Å². The Morgan fingerprint density at radius 1 is 1.23 bits per heavy atom. The minimum Gasteiger partial charge on any atom is -0.476 e. The van der Waals surface area contributed by atoms with E-state index in [0.29, 0.717) is 4.68 Å². The van der Waals surface area contributed by atoms with Gasteiger partial charge in [-0.25, -0.2) is 9.59 Å².